The van der Waals surface area contributed by atoms with Gasteiger partial charge in [0.25, 0.3) is 0 Å². The summed E-state index contributed by atoms with van der Waals surface area (Å²) in [5.41, 5.74) is 1.24. The fourth-order valence-corrected chi connectivity index (χ4v) is 3.11. The van der Waals surface area contributed by atoms with Crippen molar-refractivity contribution in [3.05, 3.63) is 53.3 Å². The van der Waals surface area contributed by atoms with Crippen LogP contribution in [0.25, 0.3) is 0 Å². The van der Waals surface area contributed by atoms with Crippen LogP contribution in [-0.2, 0) is 6.54 Å². The van der Waals surface area contributed by atoms with Crippen LogP contribution in [0.3, 0.4) is 0 Å². The van der Waals surface area contributed by atoms with Crippen molar-refractivity contribution in [3.63, 3.8) is 0 Å². The van der Waals surface area contributed by atoms with Gasteiger partial charge in [0.05, 0.1) is 5.69 Å². The van der Waals surface area contributed by atoms with E-state index in [0.29, 0.717) is 26.2 Å². The molecule has 3 rings (SSSR count). The number of alkyl halides is 3. The Balaban J connectivity index is 1.56. The fourth-order valence-electron chi connectivity index (χ4n) is 2.94. The van der Waals surface area contributed by atoms with Gasteiger partial charge in [-0.1, -0.05) is 11.6 Å². The van der Waals surface area contributed by atoms with Crippen molar-refractivity contribution in [1.82, 2.24) is 14.8 Å². The first kappa shape index (κ1) is 21.2. The Labute approximate surface area is 171 Å². The van der Waals surface area contributed by atoms with E-state index in [1.165, 1.54) is 18.2 Å². The minimum Gasteiger partial charge on any atom is -0.482 e. The van der Waals surface area contributed by atoms with Crippen LogP contribution in [0.5, 0.6) is 5.75 Å². The molecular formula is C19H20ClF3N4O2. The van der Waals surface area contributed by atoms with Gasteiger partial charge in [-0.25, -0.2) is 4.79 Å². The third-order valence-electron chi connectivity index (χ3n) is 4.39. The zero-order valence-corrected chi connectivity index (χ0v) is 16.2. The van der Waals surface area contributed by atoms with E-state index in [0.717, 1.165) is 12.1 Å². The smallest absolute Gasteiger partial charge is 0.422 e. The molecule has 1 aromatic carbocycles. The summed E-state index contributed by atoms with van der Waals surface area (Å²) < 4.78 is 42.1. The maximum Gasteiger partial charge on any atom is 0.422 e. The molecule has 1 aliphatic rings. The molecule has 156 valence electrons. The monoisotopic (exact) mass is 428 g/mol. The molecule has 2 amide bonds. The standard InChI is InChI=1S/C19H20ClF3N4O2/c20-15-1-2-17(29-13-19(21,22)23)16(11-15)25-18(28)27-9-7-26(8-10-27)12-14-3-5-24-6-4-14/h1-6,11H,7-10,12-13H2,(H,25,28). The van der Waals surface area contributed by atoms with Crippen LogP contribution in [0, 0.1) is 0 Å². The van der Waals surface area contributed by atoms with Crippen molar-refractivity contribution in [3.8, 4) is 5.75 Å². The van der Waals surface area contributed by atoms with Gasteiger partial charge >= 0.3 is 12.2 Å². The second-order valence-corrected chi connectivity index (χ2v) is 7.03. The highest BCUT2D eigenvalue weighted by molar-refractivity contribution is 6.31. The third-order valence-corrected chi connectivity index (χ3v) is 4.62. The first-order valence-corrected chi connectivity index (χ1v) is 9.34. The number of anilines is 1. The van der Waals surface area contributed by atoms with E-state index in [2.05, 4.69) is 15.2 Å². The van der Waals surface area contributed by atoms with Crippen LogP contribution in [0.1, 0.15) is 5.56 Å². The van der Waals surface area contributed by atoms with Gasteiger partial charge in [-0.2, -0.15) is 13.2 Å². The molecule has 1 aliphatic heterocycles. The van der Waals surface area contributed by atoms with E-state index in [1.54, 1.807) is 17.3 Å². The number of nitrogens with one attached hydrogen (secondary N) is 1. The average molecular weight is 429 g/mol. The molecule has 0 radical (unpaired) electrons. The molecule has 1 fully saturated rings. The van der Waals surface area contributed by atoms with E-state index in [4.69, 9.17) is 16.3 Å². The molecular weight excluding hydrogens is 409 g/mol. The van der Waals surface area contributed by atoms with Crippen LogP contribution in [0.2, 0.25) is 5.02 Å². The normalized spacial score (nSPS) is 15.2. The van der Waals surface area contributed by atoms with Gasteiger partial charge in [0.2, 0.25) is 0 Å². The fraction of sp³-hybridized carbons (Fsp3) is 0.368. The highest BCUT2D eigenvalue weighted by atomic mass is 35.5. The minimum absolute atomic E-state index is 0.0867. The number of rotatable bonds is 5. The zero-order chi connectivity index (χ0) is 20.9. The van der Waals surface area contributed by atoms with Crippen molar-refractivity contribution >= 4 is 23.3 Å². The van der Waals surface area contributed by atoms with E-state index in [-0.39, 0.29) is 16.5 Å². The van der Waals surface area contributed by atoms with Gasteiger partial charge < -0.3 is 15.0 Å². The quantitative estimate of drug-likeness (QED) is 0.781. The Kier molecular flexibility index (Phi) is 6.81. The van der Waals surface area contributed by atoms with Crippen LogP contribution in [0.4, 0.5) is 23.7 Å². The molecule has 10 heteroatoms. The third kappa shape index (κ3) is 6.50. The predicted octanol–water partition coefficient (Wildman–Crippen LogP) is 4.03. The van der Waals surface area contributed by atoms with Gasteiger partial charge in [0.1, 0.15) is 5.75 Å². The van der Waals surface area contributed by atoms with Gasteiger partial charge in [-0.15, -0.1) is 0 Å². The number of carbonyl (C=O) groups excluding carboxylic acids is 1. The topological polar surface area (TPSA) is 57.7 Å². The Bertz CT molecular complexity index is 828. The second kappa shape index (κ2) is 9.32. The molecule has 0 aliphatic carbocycles. The molecule has 1 aromatic heterocycles. The van der Waals surface area contributed by atoms with Crippen LogP contribution >= 0.6 is 11.6 Å². The van der Waals surface area contributed by atoms with Gasteiger partial charge in [0.15, 0.2) is 6.61 Å². The molecule has 2 heterocycles. The highest BCUT2D eigenvalue weighted by Gasteiger charge is 2.29. The van der Waals surface area contributed by atoms with Gasteiger partial charge in [0, 0.05) is 50.1 Å². The molecule has 0 atom stereocenters. The summed E-state index contributed by atoms with van der Waals surface area (Å²) in [4.78, 5) is 20.4. The highest BCUT2D eigenvalue weighted by Crippen LogP contribution is 2.30. The summed E-state index contributed by atoms with van der Waals surface area (Å²) in [7, 11) is 0. The van der Waals surface area contributed by atoms with Gasteiger partial charge in [-0.3, -0.25) is 9.88 Å². The molecule has 1 N–H and O–H groups in total. The SMILES string of the molecule is O=C(Nc1cc(Cl)ccc1OCC(F)(F)F)N1CCN(Cc2ccncc2)CC1. The van der Waals surface area contributed by atoms with E-state index >= 15 is 0 Å². The number of aromatic nitrogens is 1. The number of hydrogen-bond acceptors (Lipinski definition) is 4. The number of halogens is 4. The number of benzene rings is 1. The molecule has 0 unspecified atom stereocenters. The molecule has 29 heavy (non-hydrogen) atoms. The van der Waals surface area contributed by atoms with Gasteiger partial charge in [-0.05, 0) is 35.9 Å². The summed E-state index contributed by atoms with van der Waals surface area (Å²) >= 11 is 5.92. The lowest BCUT2D eigenvalue weighted by Gasteiger charge is -2.34. The number of nitrogens with zero attached hydrogens (tertiary/aromatic N) is 3. The van der Waals surface area contributed by atoms with E-state index < -0.39 is 18.8 Å². The van der Waals surface area contributed by atoms with Crippen LogP contribution in [-0.4, -0.2) is 59.8 Å². The molecule has 0 bridgehead atoms. The van der Waals surface area contributed by atoms with Crippen LogP contribution < -0.4 is 10.1 Å². The Hall–Kier alpha value is -2.52. The lowest BCUT2D eigenvalue weighted by Crippen LogP contribution is -2.49. The van der Waals surface area contributed by atoms with Crippen molar-refractivity contribution < 1.29 is 22.7 Å². The van der Waals surface area contributed by atoms with Crippen molar-refractivity contribution in [2.75, 3.05) is 38.1 Å². The number of amides is 2. The summed E-state index contributed by atoms with van der Waals surface area (Å²) in [5, 5.41) is 2.88. The number of hydrogen-bond donors (Lipinski definition) is 1. The second-order valence-electron chi connectivity index (χ2n) is 6.59. The van der Waals surface area contributed by atoms with E-state index in [1.807, 2.05) is 12.1 Å². The summed E-state index contributed by atoms with van der Waals surface area (Å²) in [6.45, 7) is 1.67. The predicted molar refractivity (Wildman–Crippen MR) is 103 cm³/mol. The molecule has 1 saturated heterocycles. The molecule has 0 spiro atoms. The maximum atomic E-state index is 12.6. The Morgan fingerprint density at radius 3 is 2.48 bits per heavy atom. The summed E-state index contributed by atoms with van der Waals surface area (Å²) in [6.07, 6.45) is -1.00. The van der Waals surface area contributed by atoms with E-state index in [9.17, 15) is 18.0 Å². The summed E-state index contributed by atoms with van der Waals surface area (Å²) in [5.74, 6) is -0.0867. The van der Waals surface area contributed by atoms with Crippen molar-refractivity contribution in [2.45, 2.75) is 12.7 Å². The number of carbonyl (C=O) groups is 1. The maximum absolute atomic E-state index is 12.6. The largest absolute Gasteiger partial charge is 0.482 e. The van der Waals surface area contributed by atoms with Crippen molar-refractivity contribution in [1.29, 1.82) is 0 Å². The molecule has 0 saturated carbocycles. The first-order chi connectivity index (χ1) is 13.8. The number of pyridine rings is 1. The number of piperazine rings is 1. The number of urea groups is 1. The zero-order valence-electron chi connectivity index (χ0n) is 15.5. The van der Waals surface area contributed by atoms with Crippen LogP contribution in [0.15, 0.2) is 42.7 Å². The Morgan fingerprint density at radius 2 is 1.83 bits per heavy atom. The minimum atomic E-state index is -4.48. The average Bonchev–Trinajstić information content (AvgIpc) is 2.68. The lowest BCUT2D eigenvalue weighted by molar-refractivity contribution is -0.153. The number of ether oxygens (including phenoxy) is 1. The van der Waals surface area contributed by atoms with Crippen molar-refractivity contribution in [2.24, 2.45) is 0 Å². The summed E-state index contributed by atoms with van der Waals surface area (Å²) in [6, 6.07) is 7.55. The molecule has 2 aromatic rings. The Morgan fingerprint density at radius 1 is 1.14 bits per heavy atom. The molecule has 6 nitrogen and oxygen atoms in total. The lowest BCUT2D eigenvalue weighted by atomic mass is 10.2. The first-order valence-electron chi connectivity index (χ1n) is 8.96.